The van der Waals surface area contributed by atoms with Crippen molar-refractivity contribution in [1.29, 1.82) is 0 Å². The second-order valence-electron chi connectivity index (χ2n) is 11.5. The predicted molar refractivity (Wildman–Crippen MR) is 144 cm³/mol. The molecule has 7 nitrogen and oxygen atoms in total. The monoisotopic (exact) mass is 546 g/mol. The van der Waals surface area contributed by atoms with E-state index in [1.807, 2.05) is 0 Å². The molecule has 39 heavy (non-hydrogen) atoms. The van der Waals surface area contributed by atoms with Gasteiger partial charge < -0.3 is 25.6 Å². The normalized spacial score (nSPS) is 16.9. The first-order valence-corrected chi connectivity index (χ1v) is 13.5. The molecule has 2 aromatic carbocycles. The number of benzene rings is 2. The maximum atomic E-state index is 13.9. The van der Waals surface area contributed by atoms with Gasteiger partial charge in [0.15, 0.2) is 0 Å². The summed E-state index contributed by atoms with van der Waals surface area (Å²) in [6.45, 7) is 5.45. The quantitative estimate of drug-likeness (QED) is 0.318. The molecule has 2 atom stereocenters. The number of carboxylic acids is 1. The lowest BCUT2D eigenvalue weighted by atomic mass is 9.74. The summed E-state index contributed by atoms with van der Waals surface area (Å²) in [5, 5.41) is 26.2. The zero-order chi connectivity index (χ0) is 28.6. The van der Waals surface area contributed by atoms with Crippen LogP contribution in [0.15, 0.2) is 42.5 Å². The Morgan fingerprint density at radius 3 is 2.31 bits per heavy atom. The molecule has 0 saturated heterocycles. The summed E-state index contributed by atoms with van der Waals surface area (Å²) < 4.78 is 32.6. The van der Waals surface area contributed by atoms with Gasteiger partial charge in [-0.25, -0.2) is 13.6 Å². The standard InChI is InChI=1S/C30H40F2N2O5/c1-29(2,3)21-8-7-9-22(15-21)30(10-5-4-6-11-30)33-17-26(35)25(34-27(36)18-39-19-28(37)38)14-20-12-23(31)16-24(32)13-20/h7-9,12-13,15-16,25-26,33,35H,4-6,10-11,14,17-19H2,1-3H3,(H,34,36)(H,37,38)/t25-,26+/m0/s1. The minimum Gasteiger partial charge on any atom is -0.480 e. The van der Waals surface area contributed by atoms with E-state index in [2.05, 4.69) is 55.7 Å². The number of rotatable bonds is 12. The summed E-state index contributed by atoms with van der Waals surface area (Å²) in [6.07, 6.45) is 3.84. The minimum atomic E-state index is -1.22. The third-order valence-electron chi connectivity index (χ3n) is 7.29. The Hall–Kier alpha value is -2.88. The Kier molecular flexibility index (Phi) is 10.6. The minimum absolute atomic E-state index is 0.0241. The number of aliphatic hydroxyl groups is 1. The Balaban J connectivity index is 1.80. The van der Waals surface area contributed by atoms with Crippen LogP contribution in [0.3, 0.4) is 0 Å². The fraction of sp³-hybridized carbons (Fsp3) is 0.533. The van der Waals surface area contributed by atoms with Crippen molar-refractivity contribution in [2.45, 2.75) is 82.4 Å². The van der Waals surface area contributed by atoms with Crippen LogP contribution in [0.1, 0.15) is 69.6 Å². The maximum absolute atomic E-state index is 13.9. The molecule has 9 heteroatoms. The first-order valence-electron chi connectivity index (χ1n) is 13.5. The molecule has 1 amide bonds. The van der Waals surface area contributed by atoms with E-state index in [1.165, 1.54) is 5.56 Å². The van der Waals surface area contributed by atoms with Gasteiger partial charge >= 0.3 is 5.97 Å². The molecule has 1 aliphatic rings. The molecule has 0 radical (unpaired) electrons. The Morgan fingerprint density at radius 1 is 1.03 bits per heavy atom. The number of amides is 1. The van der Waals surface area contributed by atoms with Gasteiger partial charge in [0.1, 0.15) is 24.8 Å². The number of hydrogen-bond donors (Lipinski definition) is 4. The topological polar surface area (TPSA) is 108 Å². The first-order chi connectivity index (χ1) is 18.4. The SMILES string of the molecule is CC(C)(C)c1cccc(C2(NC[C@@H](O)[C@H](Cc3cc(F)cc(F)c3)NC(=O)COCC(=O)O)CCCCC2)c1. The van der Waals surface area contributed by atoms with E-state index >= 15 is 0 Å². The molecule has 0 aliphatic heterocycles. The summed E-state index contributed by atoms with van der Waals surface area (Å²) in [7, 11) is 0. The van der Waals surface area contributed by atoms with Crippen molar-refractivity contribution >= 4 is 11.9 Å². The number of nitrogens with one attached hydrogen (secondary N) is 2. The van der Waals surface area contributed by atoms with Crippen LogP contribution in [-0.2, 0) is 31.7 Å². The fourth-order valence-electron chi connectivity index (χ4n) is 5.19. The van der Waals surface area contributed by atoms with Crippen molar-refractivity contribution in [3.8, 4) is 0 Å². The average Bonchev–Trinajstić information content (AvgIpc) is 2.86. The molecule has 2 aromatic rings. The number of carbonyl (C=O) groups is 2. The van der Waals surface area contributed by atoms with Crippen molar-refractivity contribution in [3.05, 3.63) is 70.8 Å². The lowest BCUT2D eigenvalue weighted by Gasteiger charge is -2.41. The molecular formula is C30H40F2N2O5. The highest BCUT2D eigenvalue weighted by Gasteiger charge is 2.35. The summed E-state index contributed by atoms with van der Waals surface area (Å²) in [4.78, 5) is 23.2. The number of aliphatic carboxylic acids is 1. The third kappa shape index (κ3) is 9.08. The first kappa shape index (κ1) is 30.7. The van der Waals surface area contributed by atoms with E-state index in [0.29, 0.717) is 0 Å². The van der Waals surface area contributed by atoms with E-state index in [0.717, 1.165) is 55.9 Å². The summed E-state index contributed by atoms with van der Waals surface area (Å²) in [5.74, 6) is -3.37. The van der Waals surface area contributed by atoms with E-state index in [1.54, 1.807) is 0 Å². The zero-order valence-electron chi connectivity index (χ0n) is 22.9. The van der Waals surface area contributed by atoms with Crippen LogP contribution < -0.4 is 10.6 Å². The van der Waals surface area contributed by atoms with Crippen LogP contribution in [0.4, 0.5) is 8.78 Å². The second kappa shape index (κ2) is 13.5. The highest BCUT2D eigenvalue weighted by atomic mass is 19.1. The number of carbonyl (C=O) groups excluding carboxylic acids is 1. The van der Waals surface area contributed by atoms with Crippen LogP contribution in [0, 0.1) is 11.6 Å². The molecule has 1 aliphatic carbocycles. The largest absolute Gasteiger partial charge is 0.480 e. The average molecular weight is 547 g/mol. The van der Waals surface area contributed by atoms with Gasteiger partial charge in [-0.2, -0.15) is 0 Å². The fourth-order valence-corrected chi connectivity index (χ4v) is 5.19. The van der Waals surface area contributed by atoms with E-state index in [4.69, 9.17) is 9.84 Å². The number of ether oxygens (including phenoxy) is 1. The highest BCUT2D eigenvalue weighted by Crippen LogP contribution is 2.38. The van der Waals surface area contributed by atoms with Gasteiger partial charge in [0, 0.05) is 18.2 Å². The van der Waals surface area contributed by atoms with E-state index in [-0.39, 0.29) is 29.5 Å². The van der Waals surface area contributed by atoms with Crippen molar-refractivity contribution in [1.82, 2.24) is 10.6 Å². The summed E-state index contributed by atoms with van der Waals surface area (Å²) in [5.41, 5.74) is 2.26. The molecular weight excluding hydrogens is 506 g/mol. The molecule has 1 fully saturated rings. The van der Waals surface area contributed by atoms with Gasteiger partial charge in [-0.15, -0.1) is 0 Å². The van der Waals surface area contributed by atoms with Crippen LogP contribution >= 0.6 is 0 Å². The molecule has 0 unspecified atom stereocenters. The van der Waals surface area contributed by atoms with Gasteiger partial charge in [0.05, 0.1) is 12.1 Å². The lowest BCUT2D eigenvalue weighted by molar-refractivity contribution is -0.143. The molecule has 0 aromatic heterocycles. The number of carboxylic acid groups (broad SMARTS) is 1. The van der Waals surface area contributed by atoms with E-state index in [9.17, 15) is 23.5 Å². The zero-order valence-corrected chi connectivity index (χ0v) is 22.9. The lowest BCUT2D eigenvalue weighted by Crippen LogP contribution is -2.53. The van der Waals surface area contributed by atoms with Gasteiger partial charge in [-0.3, -0.25) is 4.79 Å². The van der Waals surface area contributed by atoms with Gasteiger partial charge in [0.2, 0.25) is 5.91 Å². The van der Waals surface area contributed by atoms with Gasteiger partial charge in [-0.1, -0.05) is 64.3 Å². The molecule has 214 valence electrons. The Bertz CT molecular complexity index is 1110. The maximum Gasteiger partial charge on any atom is 0.329 e. The predicted octanol–water partition coefficient (Wildman–Crippen LogP) is 4.20. The van der Waals surface area contributed by atoms with Crippen molar-refractivity contribution in [2.75, 3.05) is 19.8 Å². The van der Waals surface area contributed by atoms with Crippen molar-refractivity contribution in [2.24, 2.45) is 0 Å². The summed E-state index contributed by atoms with van der Waals surface area (Å²) >= 11 is 0. The second-order valence-corrected chi connectivity index (χ2v) is 11.5. The number of halogens is 2. The van der Waals surface area contributed by atoms with Crippen LogP contribution in [0.5, 0.6) is 0 Å². The molecule has 3 rings (SSSR count). The third-order valence-corrected chi connectivity index (χ3v) is 7.29. The molecule has 4 N–H and O–H groups in total. The van der Waals surface area contributed by atoms with Crippen LogP contribution in [0.25, 0.3) is 0 Å². The van der Waals surface area contributed by atoms with Crippen LogP contribution in [0.2, 0.25) is 0 Å². The summed E-state index contributed by atoms with van der Waals surface area (Å²) in [6, 6.07) is 10.7. The number of hydrogen-bond acceptors (Lipinski definition) is 5. The van der Waals surface area contributed by atoms with Gasteiger partial charge in [-0.05, 0) is 53.5 Å². The smallest absolute Gasteiger partial charge is 0.329 e. The number of aliphatic hydroxyl groups excluding tert-OH is 1. The molecule has 0 heterocycles. The van der Waals surface area contributed by atoms with Crippen molar-refractivity contribution in [3.63, 3.8) is 0 Å². The Labute approximate surface area is 229 Å². The molecule has 0 bridgehead atoms. The van der Waals surface area contributed by atoms with E-state index < -0.39 is 48.9 Å². The van der Waals surface area contributed by atoms with Gasteiger partial charge in [0.25, 0.3) is 0 Å². The van der Waals surface area contributed by atoms with Crippen molar-refractivity contribution < 1.29 is 33.3 Å². The highest BCUT2D eigenvalue weighted by molar-refractivity contribution is 5.78. The molecule has 0 spiro atoms. The Morgan fingerprint density at radius 2 is 1.69 bits per heavy atom. The van der Waals surface area contributed by atoms with Crippen LogP contribution in [-0.4, -0.2) is 54.0 Å². The molecule has 1 saturated carbocycles.